The van der Waals surface area contributed by atoms with Crippen molar-refractivity contribution in [3.63, 3.8) is 0 Å². The Morgan fingerprint density at radius 1 is 1.14 bits per heavy atom. The summed E-state index contributed by atoms with van der Waals surface area (Å²) in [6, 6.07) is 12.2. The van der Waals surface area contributed by atoms with Crippen LogP contribution in [0.1, 0.15) is 30.7 Å². The zero-order valence-electron chi connectivity index (χ0n) is 14.5. The SMILES string of the molecule is N#C[C@H](C(=O)CCCC(=O)Nc1cccc([N+](=O)[O-])c1)c1c(Cl)cccc1Cl. The number of nitro benzene ring substituents is 1. The number of nitro groups is 1. The third kappa shape index (κ3) is 5.52. The van der Waals surface area contributed by atoms with Crippen LogP contribution in [0.25, 0.3) is 0 Å². The fourth-order valence-electron chi connectivity index (χ4n) is 2.57. The van der Waals surface area contributed by atoms with Gasteiger partial charge < -0.3 is 5.32 Å². The average molecular weight is 420 g/mol. The smallest absolute Gasteiger partial charge is 0.271 e. The van der Waals surface area contributed by atoms with Crippen LogP contribution in [-0.4, -0.2) is 16.6 Å². The van der Waals surface area contributed by atoms with Gasteiger partial charge in [0.2, 0.25) is 5.91 Å². The molecule has 1 N–H and O–H groups in total. The molecule has 9 heteroatoms. The van der Waals surface area contributed by atoms with Crippen LogP contribution < -0.4 is 5.32 Å². The average Bonchev–Trinajstić information content (AvgIpc) is 2.64. The number of amides is 1. The first-order valence-corrected chi connectivity index (χ1v) is 8.99. The highest BCUT2D eigenvalue weighted by molar-refractivity contribution is 6.36. The molecule has 0 saturated carbocycles. The fourth-order valence-corrected chi connectivity index (χ4v) is 3.19. The van der Waals surface area contributed by atoms with Gasteiger partial charge in [-0.3, -0.25) is 19.7 Å². The molecule has 0 heterocycles. The van der Waals surface area contributed by atoms with E-state index in [1.807, 2.05) is 6.07 Å². The standard InChI is InChI=1S/C19H15Cl2N3O4/c20-15-6-2-7-16(21)19(15)14(11-22)17(25)8-3-9-18(26)23-12-4-1-5-13(10-12)24(27)28/h1-2,4-7,10,14H,3,8-9H2,(H,23,26)/t14-/m1/s1. The molecule has 0 bridgehead atoms. The maximum Gasteiger partial charge on any atom is 0.271 e. The lowest BCUT2D eigenvalue weighted by Gasteiger charge is -2.12. The Hall–Kier alpha value is -2.95. The first-order chi connectivity index (χ1) is 13.3. The zero-order chi connectivity index (χ0) is 20.7. The highest BCUT2D eigenvalue weighted by Crippen LogP contribution is 2.32. The molecule has 144 valence electrons. The lowest BCUT2D eigenvalue weighted by Crippen LogP contribution is -2.15. The normalized spacial score (nSPS) is 11.3. The van der Waals surface area contributed by atoms with Gasteiger partial charge in [-0.1, -0.05) is 35.3 Å². The van der Waals surface area contributed by atoms with Gasteiger partial charge in [-0.05, 0) is 24.6 Å². The van der Waals surface area contributed by atoms with Crippen LogP contribution in [0.5, 0.6) is 0 Å². The number of hydrogen-bond donors (Lipinski definition) is 1. The Balaban J connectivity index is 1.92. The lowest BCUT2D eigenvalue weighted by molar-refractivity contribution is -0.384. The number of nitrogens with zero attached hydrogens (tertiary/aromatic N) is 2. The molecule has 2 aromatic carbocycles. The molecule has 2 rings (SSSR count). The summed E-state index contributed by atoms with van der Waals surface area (Å²) in [5, 5.41) is 23.1. The van der Waals surface area contributed by atoms with E-state index in [4.69, 9.17) is 23.2 Å². The number of benzene rings is 2. The van der Waals surface area contributed by atoms with Crippen molar-refractivity contribution in [3.8, 4) is 6.07 Å². The summed E-state index contributed by atoms with van der Waals surface area (Å²) in [6.07, 6.45) is 0.213. The van der Waals surface area contributed by atoms with Gasteiger partial charge in [0, 0.05) is 46.3 Å². The van der Waals surface area contributed by atoms with E-state index in [2.05, 4.69) is 5.32 Å². The molecule has 0 saturated heterocycles. The summed E-state index contributed by atoms with van der Waals surface area (Å²) in [6.45, 7) is 0. The molecule has 28 heavy (non-hydrogen) atoms. The van der Waals surface area contributed by atoms with Gasteiger partial charge in [-0.2, -0.15) is 5.26 Å². The van der Waals surface area contributed by atoms with Crippen LogP contribution in [0, 0.1) is 21.4 Å². The minimum atomic E-state index is -1.11. The van der Waals surface area contributed by atoms with Crippen LogP contribution in [0.2, 0.25) is 10.0 Å². The number of hydrogen-bond acceptors (Lipinski definition) is 5. The second-order valence-electron chi connectivity index (χ2n) is 5.87. The van der Waals surface area contributed by atoms with E-state index in [0.717, 1.165) is 0 Å². The Labute approximate surface area is 171 Å². The Kier molecular flexibility index (Phi) is 7.50. The number of rotatable bonds is 8. The van der Waals surface area contributed by atoms with Crippen molar-refractivity contribution in [1.29, 1.82) is 5.26 Å². The summed E-state index contributed by atoms with van der Waals surface area (Å²) in [4.78, 5) is 34.6. The second kappa shape index (κ2) is 9.83. The number of nitriles is 1. The highest BCUT2D eigenvalue weighted by Gasteiger charge is 2.24. The monoisotopic (exact) mass is 419 g/mol. The summed E-state index contributed by atoms with van der Waals surface area (Å²) in [5.41, 5.74) is 0.420. The molecule has 0 aliphatic heterocycles. The van der Waals surface area contributed by atoms with Crippen molar-refractivity contribution in [2.75, 3.05) is 5.32 Å². The van der Waals surface area contributed by atoms with Gasteiger partial charge in [-0.15, -0.1) is 0 Å². The molecule has 0 spiro atoms. The van der Waals surface area contributed by atoms with E-state index in [0.29, 0.717) is 5.69 Å². The predicted octanol–water partition coefficient (Wildman–Crippen LogP) is 4.89. The number of halogens is 2. The number of nitrogens with one attached hydrogen (secondary N) is 1. The van der Waals surface area contributed by atoms with Crippen molar-refractivity contribution < 1.29 is 14.5 Å². The van der Waals surface area contributed by atoms with Crippen LogP contribution >= 0.6 is 23.2 Å². The molecule has 7 nitrogen and oxygen atoms in total. The van der Waals surface area contributed by atoms with Crippen LogP contribution in [0.3, 0.4) is 0 Å². The molecule has 1 atom stereocenters. The van der Waals surface area contributed by atoms with E-state index >= 15 is 0 Å². The molecule has 0 unspecified atom stereocenters. The zero-order valence-corrected chi connectivity index (χ0v) is 16.0. The summed E-state index contributed by atoms with van der Waals surface area (Å²) >= 11 is 12.1. The van der Waals surface area contributed by atoms with E-state index < -0.39 is 16.7 Å². The highest BCUT2D eigenvalue weighted by atomic mass is 35.5. The molecule has 2 aromatic rings. The molecule has 0 radical (unpaired) electrons. The van der Waals surface area contributed by atoms with Crippen LogP contribution in [0.4, 0.5) is 11.4 Å². The Bertz CT molecular complexity index is 936. The minimum absolute atomic E-state index is 0.0118. The van der Waals surface area contributed by atoms with Gasteiger partial charge in [0.05, 0.1) is 11.0 Å². The number of carbonyl (C=O) groups excluding carboxylic acids is 2. The molecule has 1 amide bonds. The van der Waals surface area contributed by atoms with E-state index in [1.165, 1.54) is 24.3 Å². The van der Waals surface area contributed by atoms with Crippen LogP contribution in [0.15, 0.2) is 42.5 Å². The lowest BCUT2D eigenvalue weighted by atomic mass is 9.93. The van der Waals surface area contributed by atoms with Crippen molar-refractivity contribution in [3.05, 3.63) is 68.2 Å². The quantitative estimate of drug-likeness (QED) is 0.483. The predicted molar refractivity (Wildman–Crippen MR) is 105 cm³/mol. The van der Waals surface area contributed by atoms with Gasteiger partial charge in [0.25, 0.3) is 5.69 Å². The maximum absolute atomic E-state index is 12.4. The number of Topliss-reactive ketones (excluding diaryl/α,β-unsaturated/α-hetero) is 1. The van der Waals surface area contributed by atoms with E-state index in [9.17, 15) is 25.0 Å². The van der Waals surface area contributed by atoms with Gasteiger partial charge in [0.1, 0.15) is 5.92 Å². The third-order valence-corrected chi connectivity index (χ3v) is 4.57. The fraction of sp³-hybridized carbons (Fsp3) is 0.211. The molecule has 0 aliphatic carbocycles. The summed E-state index contributed by atoms with van der Waals surface area (Å²) in [5.74, 6) is -1.89. The van der Waals surface area contributed by atoms with Gasteiger partial charge >= 0.3 is 0 Å². The first-order valence-electron chi connectivity index (χ1n) is 8.24. The summed E-state index contributed by atoms with van der Waals surface area (Å²) in [7, 11) is 0. The minimum Gasteiger partial charge on any atom is -0.326 e. The van der Waals surface area contributed by atoms with E-state index in [1.54, 1.807) is 18.2 Å². The number of non-ortho nitro benzene ring substituents is 1. The van der Waals surface area contributed by atoms with E-state index in [-0.39, 0.29) is 46.3 Å². The molecule has 0 fully saturated rings. The molecular weight excluding hydrogens is 405 g/mol. The largest absolute Gasteiger partial charge is 0.326 e. The number of carbonyl (C=O) groups is 2. The van der Waals surface area contributed by atoms with Crippen molar-refractivity contribution in [2.24, 2.45) is 0 Å². The van der Waals surface area contributed by atoms with Crippen molar-refractivity contribution in [2.45, 2.75) is 25.2 Å². The Morgan fingerprint density at radius 2 is 1.79 bits per heavy atom. The van der Waals surface area contributed by atoms with Crippen LogP contribution in [-0.2, 0) is 9.59 Å². The maximum atomic E-state index is 12.4. The third-order valence-electron chi connectivity index (χ3n) is 3.91. The van der Waals surface area contributed by atoms with Crippen molar-refractivity contribution in [1.82, 2.24) is 0 Å². The number of anilines is 1. The van der Waals surface area contributed by atoms with Gasteiger partial charge in [-0.25, -0.2) is 0 Å². The molecule has 0 aromatic heterocycles. The number of ketones is 1. The Morgan fingerprint density at radius 3 is 2.39 bits per heavy atom. The molecule has 0 aliphatic rings. The topological polar surface area (TPSA) is 113 Å². The first kappa shape index (κ1) is 21.4. The van der Waals surface area contributed by atoms with Gasteiger partial charge in [0.15, 0.2) is 5.78 Å². The summed E-state index contributed by atoms with van der Waals surface area (Å²) < 4.78 is 0. The molecular formula is C19H15Cl2N3O4. The van der Waals surface area contributed by atoms with Crippen molar-refractivity contribution >= 4 is 46.3 Å². The second-order valence-corrected chi connectivity index (χ2v) is 6.69.